The quantitative estimate of drug-likeness (QED) is 0.840. The second-order valence-corrected chi connectivity index (χ2v) is 8.18. The van der Waals surface area contributed by atoms with Crippen LogP contribution in [0.3, 0.4) is 0 Å². The van der Waals surface area contributed by atoms with Crippen LogP contribution in [0.2, 0.25) is 0 Å². The molecule has 3 unspecified atom stereocenters. The fraction of sp³-hybridized carbons (Fsp3) is 1.00. The normalized spacial score (nSPS) is 42.6. The van der Waals surface area contributed by atoms with Gasteiger partial charge >= 0.3 is 0 Å². The highest BCUT2D eigenvalue weighted by atomic mass is 32.2. The predicted octanol–water partition coefficient (Wildman–Crippen LogP) is 3.62. The Hall–Kier alpha value is 0.270. The first kappa shape index (κ1) is 14.2. The van der Waals surface area contributed by atoms with E-state index in [1.165, 1.54) is 37.2 Å². The van der Waals surface area contributed by atoms with Gasteiger partial charge in [0.15, 0.2) is 0 Å². The molecule has 2 nitrogen and oxygen atoms in total. The van der Waals surface area contributed by atoms with E-state index in [4.69, 9.17) is 4.74 Å². The monoisotopic (exact) mass is 284 g/mol. The van der Waals surface area contributed by atoms with Crippen LogP contribution < -0.4 is 0 Å². The summed E-state index contributed by atoms with van der Waals surface area (Å²) in [5.41, 5.74) is -0.254. The lowest BCUT2D eigenvalue weighted by Crippen LogP contribution is -2.49. The molecule has 1 aliphatic carbocycles. The van der Waals surface area contributed by atoms with Gasteiger partial charge in [0, 0.05) is 6.61 Å². The van der Waals surface area contributed by atoms with Crippen LogP contribution in [0.4, 0.5) is 0 Å². The van der Waals surface area contributed by atoms with E-state index in [1.54, 1.807) is 0 Å². The topological polar surface area (TPSA) is 29.5 Å². The molecule has 0 amide bonds. The van der Waals surface area contributed by atoms with E-state index in [-0.39, 0.29) is 11.2 Å². The Labute approximate surface area is 121 Å². The maximum absolute atomic E-state index is 11.1. The molecule has 0 aromatic carbocycles. The van der Waals surface area contributed by atoms with Crippen molar-refractivity contribution in [2.45, 2.75) is 69.5 Å². The van der Waals surface area contributed by atoms with Crippen LogP contribution in [-0.2, 0) is 4.74 Å². The van der Waals surface area contributed by atoms with E-state index in [1.807, 2.05) is 0 Å². The minimum Gasteiger partial charge on any atom is -0.390 e. The fourth-order valence-corrected chi connectivity index (χ4v) is 5.69. The Bertz CT molecular complexity index is 308. The SMILES string of the molecule is CCC1CCC(O)(C2CCOC3(CCSCC3)C2)C1. The highest BCUT2D eigenvalue weighted by Gasteiger charge is 2.48. The second kappa shape index (κ2) is 5.57. The lowest BCUT2D eigenvalue weighted by Gasteiger charge is -2.47. The molecule has 19 heavy (non-hydrogen) atoms. The Morgan fingerprint density at radius 1 is 1.16 bits per heavy atom. The minimum atomic E-state index is -0.373. The van der Waals surface area contributed by atoms with Crippen LogP contribution in [0, 0.1) is 11.8 Å². The molecule has 3 rings (SSSR count). The van der Waals surface area contributed by atoms with Crippen LogP contribution in [-0.4, -0.2) is 34.4 Å². The Morgan fingerprint density at radius 3 is 2.63 bits per heavy atom. The van der Waals surface area contributed by atoms with Crippen LogP contribution in [0.15, 0.2) is 0 Å². The van der Waals surface area contributed by atoms with Gasteiger partial charge in [0.2, 0.25) is 0 Å². The summed E-state index contributed by atoms with van der Waals surface area (Å²) in [6, 6.07) is 0. The molecule has 2 heterocycles. The first-order chi connectivity index (χ1) is 9.16. The van der Waals surface area contributed by atoms with Crippen LogP contribution >= 0.6 is 11.8 Å². The first-order valence-corrected chi connectivity index (χ1v) is 9.25. The number of rotatable bonds is 2. The van der Waals surface area contributed by atoms with E-state index in [0.717, 1.165) is 38.2 Å². The van der Waals surface area contributed by atoms with E-state index in [2.05, 4.69) is 18.7 Å². The number of hydrogen-bond donors (Lipinski definition) is 1. The third-order valence-electron chi connectivity index (χ3n) is 5.86. The minimum absolute atomic E-state index is 0.119. The van der Waals surface area contributed by atoms with Gasteiger partial charge < -0.3 is 9.84 Å². The van der Waals surface area contributed by atoms with Crippen LogP contribution in [0.25, 0.3) is 0 Å². The molecule has 2 aliphatic heterocycles. The molecule has 0 radical (unpaired) electrons. The zero-order valence-electron chi connectivity index (χ0n) is 12.2. The highest BCUT2D eigenvalue weighted by molar-refractivity contribution is 7.99. The van der Waals surface area contributed by atoms with E-state index in [9.17, 15) is 5.11 Å². The van der Waals surface area contributed by atoms with Gasteiger partial charge in [-0.3, -0.25) is 0 Å². The summed E-state index contributed by atoms with van der Waals surface area (Å²) in [7, 11) is 0. The van der Waals surface area contributed by atoms with Crippen molar-refractivity contribution in [3.05, 3.63) is 0 Å². The van der Waals surface area contributed by atoms with Gasteiger partial charge in [0.1, 0.15) is 0 Å². The average Bonchev–Trinajstić information content (AvgIpc) is 2.83. The maximum Gasteiger partial charge on any atom is 0.0702 e. The summed E-state index contributed by atoms with van der Waals surface area (Å²) in [6.07, 6.45) is 9.10. The Kier molecular flexibility index (Phi) is 4.17. The third kappa shape index (κ3) is 2.84. The van der Waals surface area contributed by atoms with Gasteiger partial charge in [-0.15, -0.1) is 0 Å². The van der Waals surface area contributed by atoms with Crippen molar-refractivity contribution in [3.8, 4) is 0 Å². The molecule has 2 saturated heterocycles. The molecule has 0 bridgehead atoms. The molecule has 3 aliphatic rings. The van der Waals surface area contributed by atoms with Crippen molar-refractivity contribution in [1.29, 1.82) is 0 Å². The lowest BCUT2D eigenvalue weighted by atomic mass is 9.72. The van der Waals surface area contributed by atoms with Crippen LogP contribution in [0.5, 0.6) is 0 Å². The van der Waals surface area contributed by atoms with Crippen molar-refractivity contribution in [1.82, 2.24) is 0 Å². The molecule has 0 aromatic rings. The number of thioether (sulfide) groups is 1. The second-order valence-electron chi connectivity index (χ2n) is 6.95. The lowest BCUT2D eigenvalue weighted by molar-refractivity contribution is -0.145. The van der Waals surface area contributed by atoms with Gasteiger partial charge in [-0.25, -0.2) is 0 Å². The maximum atomic E-state index is 11.1. The van der Waals surface area contributed by atoms with Gasteiger partial charge in [-0.2, -0.15) is 11.8 Å². The number of ether oxygens (including phenoxy) is 1. The molecular formula is C16H28O2S. The number of aliphatic hydroxyl groups is 1. The molecule has 3 atom stereocenters. The summed E-state index contributed by atoms with van der Waals surface area (Å²) in [6.45, 7) is 3.13. The largest absolute Gasteiger partial charge is 0.390 e. The van der Waals surface area contributed by atoms with Gasteiger partial charge in [-0.05, 0) is 68.3 Å². The third-order valence-corrected chi connectivity index (χ3v) is 6.85. The smallest absolute Gasteiger partial charge is 0.0702 e. The van der Waals surface area contributed by atoms with Crippen molar-refractivity contribution >= 4 is 11.8 Å². The van der Waals surface area contributed by atoms with Crippen molar-refractivity contribution < 1.29 is 9.84 Å². The molecular weight excluding hydrogens is 256 g/mol. The molecule has 1 saturated carbocycles. The standard InChI is InChI=1S/C16H28O2S/c1-2-13-3-5-16(17,11-13)14-4-8-18-15(12-14)6-9-19-10-7-15/h13-14,17H,2-12H2,1H3. The molecule has 1 N–H and O–H groups in total. The predicted molar refractivity (Wildman–Crippen MR) is 80.5 cm³/mol. The Balaban J connectivity index is 1.68. The number of hydrogen-bond acceptors (Lipinski definition) is 3. The van der Waals surface area contributed by atoms with E-state index >= 15 is 0 Å². The summed E-state index contributed by atoms with van der Waals surface area (Å²) < 4.78 is 6.17. The molecule has 1 spiro atoms. The van der Waals surface area contributed by atoms with E-state index in [0.29, 0.717) is 5.92 Å². The van der Waals surface area contributed by atoms with Crippen LogP contribution in [0.1, 0.15) is 58.3 Å². The highest BCUT2D eigenvalue weighted by Crippen LogP contribution is 2.49. The molecule has 110 valence electrons. The summed E-state index contributed by atoms with van der Waals surface area (Å²) in [5, 5.41) is 11.1. The van der Waals surface area contributed by atoms with Gasteiger partial charge in [0.25, 0.3) is 0 Å². The van der Waals surface area contributed by atoms with Gasteiger partial charge in [-0.1, -0.05) is 13.3 Å². The molecule has 3 heteroatoms. The van der Waals surface area contributed by atoms with E-state index < -0.39 is 0 Å². The average molecular weight is 284 g/mol. The zero-order valence-corrected chi connectivity index (χ0v) is 13.0. The first-order valence-electron chi connectivity index (χ1n) is 8.10. The summed E-state index contributed by atoms with van der Waals surface area (Å²) in [5.74, 6) is 3.72. The fourth-order valence-electron chi connectivity index (χ4n) is 4.46. The summed E-state index contributed by atoms with van der Waals surface area (Å²) in [4.78, 5) is 0. The van der Waals surface area contributed by atoms with Crippen molar-refractivity contribution in [3.63, 3.8) is 0 Å². The van der Waals surface area contributed by atoms with Crippen molar-refractivity contribution in [2.24, 2.45) is 11.8 Å². The van der Waals surface area contributed by atoms with Crippen molar-refractivity contribution in [2.75, 3.05) is 18.1 Å². The molecule has 0 aromatic heterocycles. The molecule has 3 fully saturated rings. The zero-order chi connectivity index (χ0) is 13.3. The Morgan fingerprint density at radius 2 is 1.95 bits per heavy atom. The van der Waals surface area contributed by atoms with Gasteiger partial charge in [0.05, 0.1) is 11.2 Å². The summed E-state index contributed by atoms with van der Waals surface area (Å²) >= 11 is 2.06.